The Balaban J connectivity index is 1.79. The van der Waals surface area contributed by atoms with E-state index in [2.05, 4.69) is 5.32 Å². The van der Waals surface area contributed by atoms with Crippen LogP contribution in [-0.4, -0.2) is 54.9 Å². The number of amides is 2. The second-order valence-corrected chi connectivity index (χ2v) is 6.21. The fraction of sp³-hybridized carbons (Fsp3) is 0.867. The van der Waals surface area contributed by atoms with Gasteiger partial charge in [-0.05, 0) is 38.0 Å². The summed E-state index contributed by atoms with van der Waals surface area (Å²) in [4.78, 5) is 25.3. The van der Waals surface area contributed by atoms with Crippen LogP contribution in [0.2, 0.25) is 0 Å². The quantitative estimate of drug-likeness (QED) is 0.809. The molecule has 2 saturated heterocycles. The first kappa shape index (κ1) is 16.1. The molecule has 6 heteroatoms. The van der Waals surface area contributed by atoms with Gasteiger partial charge in [0.2, 0.25) is 0 Å². The number of carbonyl (C=O) groups is 2. The molecule has 0 radical (unpaired) electrons. The Bertz CT molecular complexity index is 382. The third-order valence-electron chi connectivity index (χ3n) is 4.85. The molecule has 120 valence electrons. The molecule has 0 aromatic carbocycles. The van der Waals surface area contributed by atoms with Crippen molar-refractivity contribution in [3.8, 4) is 0 Å². The van der Waals surface area contributed by atoms with Crippen molar-refractivity contribution < 1.29 is 19.4 Å². The Labute approximate surface area is 125 Å². The van der Waals surface area contributed by atoms with Gasteiger partial charge in [-0.15, -0.1) is 0 Å². The van der Waals surface area contributed by atoms with Gasteiger partial charge in [-0.3, -0.25) is 4.79 Å². The zero-order chi connectivity index (χ0) is 15.3. The highest BCUT2D eigenvalue weighted by molar-refractivity contribution is 5.78. The Morgan fingerprint density at radius 3 is 2.90 bits per heavy atom. The van der Waals surface area contributed by atoms with Crippen molar-refractivity contribution in [1.29, 1.82) is 0 Å². The van der Waals surface area contributed by atoms with Gasteiger partial charge in [-0.25, -0.2) is 4.79 Å². The Hall–Kier alpha value is -1.30. The van der Waals surface area contributed by atoms with Crippen LogP contribution in [0.25, 0.3) is 0 Å². The molecule has 2 atom stereocenters. The van der Waals surface area contributed by atoms with E-state index in [0.29, 0.717) is 38.4 Å². The lowest BCUT2D eigenvalue weighted by molar-refractivity contribution is -0.152. The minimum Gasteiger partial charge on any atom is -0.481 e. The van der Waals surface area contributed by atoms with Gasteiger partial charge in [0, 0.05) is 32.8 Å². The minimum absolute atomic E-state index is 0.132. The normalized spacial score (nSPS) is 29.4. The number of nitrogens with one attached hydrogen (secondary N) is 1. The average molecular weight is 298 g/mol. The van der Waals surface area contributed by atoms with Gasteiger partial charge < -0.3 is 20.1 Å². The third-order valence-corrected chi connectivity index (χ3v) is 4.85. The molecule has 21 heavy (non-hydrogen) atoms. The highest BCUT2D eigenvalue weighted by Crippen LogP contribution is 2.33. The first-order valence-corrected chi connectivity index (χ1v) is 7.91. The van der Waals surface area contributed by atoms with Crippen LogP contribution in [0.1, 0.15) is 39.0 Å². The summed E-state index contributed by atoms with van der Waals surface area (Å²) >= 11 is 0. The zero-order valence-electron chi connectivity index (χ0n) is 12.8. The number of carboxylic acids is 1. The van der Waals surface area contributed by atoms with E-state index in [1.807, 2.05) is 6.92 Å². The molecule has 0 spiro atoms. The highest BCUT2D eigenvalue weighted by Gasteiger charge is 2.42. The predicted molar refractivity (Wildman–Crippen MR) is 78.1 cm³/mol. The van der Waals surface area contributed by atoms with Gasteiger partial charge >= 0.3 is 12.0 Å². The van der Waals surface area contributed by atoms with Crippen LogP contribution in [0.3, 0.4) is 0 Å². The maximum atomic E-state index is 12.2. The zero-order valence-corrected chi connectivity index (χ0v) is 12.8. The molecule has 0 aliphatic carbocycles. The van der Waals surface area contributed by atoms with Crippen LogP contribution in [0.4, 0.5) is 4.79 Å². The van der Waals surface area contributed by atoms with Crippen molar-refractivity contribution in [2.75, 3.05) is 32.8 Å². The van der Waals surface area contributed by atoms with E-state index >= 15 is 0 Å². The van der Waals surface area contributed by atoms with E-state index < -0.39 is 11.4 Å². The number of nitrogens with zero attached hydrogens (tertiary/aromatic N) is 1. The van der Waals surface area contributed by atoms with Crippen molar-refractivity contribution in [2.24, 2.45) is 11.3 Å². The molecular formula is C15H26N2O4. The van der Waals surface area contributed by atoms with Crippen molar-refractivity contribution >= 4 is 12.0 Å². The lowest BCUT2D eigenvalue weighted by atomic mass is 9.78. The lowest BCUT2D eigenvalue weighted by Gasteiger charge is -2.39. The van der Waals surface area contributed by atoms with Crippen LogP contribution in [0, 0.1) is 11.3 Å². The molecule has 2 aliphatic heterocycles. The molecule has 2 rings (SSSR count). The van der Waals surface area contributed by atoms with Crippen LogP contribution in [-0.2, 0) is 9.53 Å². The Morgan fingerprint density at radius 2 is 2.29 bits per heavy atom. The lowest BCUT2D eigenvalue weighted by Crippen LogP contribution is -2.52. The van der Waals surface area contributed by atoms with Gasteiger partial charge in [0.25, 0.3) is 0 Å². The number of carboxylic acid groups (broad SMARTS) is 1. The number of aliphatic carboxylic acids is 1. The van der Waals surface area contributed by atoms with Crippen LogP contribution in [0.5, 0.6) is 0 Å². The number of carbonyl (C=O) groups excluding carboxylic acids is 1. The highest BCUT2D eigenvalue weighted by atomic mass is 16.5. The summed E-state index contributed by atoms with van der Waals surface area (Å²) in [5, 5.41) is 12.4. The van der Waals surface area contributed by atoms with Crippen LogP contribution in [0.15, 0.2) is 0 Å². The molecule has 2 unspecified atom stereocenters. The van der Waals surface area contributed by atoms with Crippen LogP contribution < -0.4 is 5.32 Å². The summed E-state index contributed by atoms with van der Waals surface area (Å²) in [6.45, 7) is 5.09. The SMILES string of the molecule is CCC1(C(=O)O)CCCN(C(=O)NCCC2CCOC2)C1. The molecule has 2 fully saturated rings. The van der Waals surface area contributed by atoms with E-state index in [0.717, 1.165) is 32.5 Å². The molecule has 0 aromatic heterocycles. The summed E-state index contributed by atoms with van der Waals surface area (Å²) in [6, 6.07) is -0.132. The topological polar surface area (TPSA) is 78.9 Å². The fourth-order valence-corrected chi connectivity index (χ4v) is 3.23. The van der Waals surface area contributed by atoms with E-state index in [4.69, 9.17) is 4.74 Å². The standard InChI is InChI=1S/C15H26N2O4/c1-2-15(13(18)19)6-3-8-17(11-15)14(20)16-7-4-12-5-9-21-10-12/h12H,2-11H2,1H3,(H,16,20)(H,18,19). The van der Waals surface area contributed by atoms with E-state index in [-0.39, 0.29) is 6.03 Å². The van der Waals surface area contributed by atoms with Crippen molar-refractivity contribution in [3.05, 3.63) is 0 Å². The number of hydrogen-bond acceptors (Lipinski definition) is 3. The Kier molecular flexibility index (Phi) is 5.45. The second-order valence-electron chi connectivity index (χ2n) is 6.21. The molecule has 2 heterocycles. The number of piperidine rings is 1. The predicted octanol–water partition coefficient (Wildman–Crippen LogP) is 1.70. The average Bonchev–Trinajstić information content (AvgIpc) is 3.00. The number of hydrogen-bond donors (Lipinski definition) is 2. The third kappa shape index (κ3) is 3.87. The van der Waals surface area contributed by atoms with Gasteiger partial charge in [-0.1, -0.05) is 6.92 Å². The molecule has 6 nitrogen and oxygen atoms in total. The maximum Gasteiger partial charge on any atom is 0.317 e. The smallest absolute Gasteiger partial charge is 0.317 e. The number of likely N-dealkylation sites (tertiary alicyclic amines) is 1. The van der Waals surface area contributed by atoms with Gasteiger partial charge in [0.1, 0.15) is 0 Å². The van der Waals surface area contributed by atoms with Crippen molar-refractivity contribution in [2.45, 2.75) is 39.0 Å². The summed E-state index contributed by atoms with van der Waals surface area (Å²) in [7, 11) is 0. The molecule has 0 aromatic rings. The minimum atomic E-state index is -0.786. The van der Waals surface area contributed by atoms with Gasteiger partial charge in [0.15, 0.2) is 0 Å². The molecule has 0 bridgehead atoms. The summed E-state index contributed by atoms with van der Waals surface area (Å²) in [5.74, 6) is -0.244. The summed E-state index contributed by atoms with van der Waals surface area (Å²) in [6.07, 6.45) is 3.96. The fourth-order valence-electron chi connectivity index (χ4n) is 3.23. The van der Waals surface area contributed by atoms with Crippen LogP contribution >= 0.6 is 0 Å². The van der Waals surface area contributed by atoms with Crippen molar-refractivity contribution in [3.63, 3.8) is 0 Å². The largest absolute Gasteiger partial charge is 0.481 e. The maximum absolute atomic E-state index is 12.2. The number of rotatable bonds is 5. The van der Waals surface area contributed by atoms with E-state index in [9.17, 15) is 14.7 Å². The first-order chi connectivity index (χ1) is 10.1. The van der Waals surface area contributed by atoms with Crippen molar-refractivity contribution in [1.82, 2.24) is 10.2 Å². The number of ether oxygens (including phenoxy) is 1. The summed E-state index contributed by atoms with van der Waals surface area (Å²) in [5.41, 5.74) is -0.769. The number of urea groups is 1. The molecule has 0 saturated carbocycles. The Morgan fingerprint density at radius 1 is 1.48 bits per heavy atom. The molecule has 2 aliphatic rings. The van der Waals surface area contributed by atoms with Gasteiger partial charge in [-0.2, -0.15) is 0 Å². The molecular weight excluding hydrogens is 272 g/mol. The van der Waals surface area contributed by atoms with E-state index in [1.54, 1.807) is 4.90 Å². The second kappa shape index (κ2) is 7.11. The monoisotopic (exact) mass is 298 g/mol. The molecule has 2 amide bonds. The molecule has 2 N–H and O–H groups in total. The van der Waals surface area contributed by atoms with E-state index in [1.165, 1.54) is 0 Å². The van der Waals surface area contributed by atoms with Gasteiger partial charge in [0.05, 0.1) is 5.41 Å². The first-order valence-electron chi connectivity index (χ1n) is 7.91. The summed E-state index contributed by atoms with van der Waals surface area (Å²) < 4.78 is 5.31.